The van der Waals surface area contributed by atoms with E-state index in [1.807, 2.05) is 0 Å². The highest BCUT2D eigenvalue weighted by Crippen LogP contribution is 2.42. The molecule has 0 bridgehead atoms. The van der Waals surface area contributed by atoms with E-state index in [2.05, 4.69) is 0 Å². The third-order valence-corrected chi connectivity index (χ3v) is 3.52. The molecule has 0 spiro atoms. The molecular formula is C7H4Cl3NO2S. The summed E-state index contributed by atoms with van der Waals surface area (Å²) in [5.41, 5.74) is -0.351. The fourth-order valence-electron chi connectivity index (χ4n) is 0.880. The second kappa shape index (κ2) is 4.57. The number of hydrogen-bond acceptors (Lipinski definition) is 3. The van der Waals surface area contributed by atoms with E-state index in [1.54, 1.807) is 6.26 Å². The third kappa shape index (κ3) is 2.08. The number of hydrogen-bond donors (Lipinski definition) is 0. The lowest BCUT2D eigenvalue weighted by atomic mass is 10.3. The molecule has 7 heteroatoms. The Morgan fingerprint density at radius 1 is 1.36 bits per heavy atom. The van der Waals surface area contributed by atoms with Crippen LogP contribution in [0.2, 0.25) is 15.1 Å². The average molecular weight is 273 g/mol. The van der Waals surface area contributed by atoms with Gasteiger partial charge in [0.15, 0.2) is 0 Å². The van der Waals surface area contributed by atoms with Gasteiger partial charge in [-0.3, -0.25) is 10.1 Å². The molecule has 0 fully saturated rings. The maximum absolute atomic E-state index is 10.6. The molecule has 0 aromatic heterocycles. The number of nitrogens with zero attached hydrogens (tertiary/aromatic N) is 1. The molecule has 0 saturated carbocycles. The van der Waals surface area contributed by atoms with E-state index in [-0.39, 0.29) is 20.8 Å². The van der Waals surface area contributed by atoms with E-state index in [0.717, 1.165) is 0 Å². The van der Waals surface area contributed by atoms with Crippen LogP contribution in [0.25, 0.3) is 0 Å². The highest BCUT2D eigenvalue weighted by atomic mass is 35.5. The average Bonchev–Trinajstić information content (AvgIpc) is 2.10. The van der Waals surface area contributed by atoms with Crippen LogP contribution in [0.3, 0.4) is 0 Å². The second-order valence-electron chi connectivity index (χ2n) is 2.29. The highest BCUT2D eigenvalue weighted by molar-refractivity contribution is 7.98. The Kier molecular flexibility index (Phi) is 3.89. The lowest BCUT2D eigenvalue weighted by molar-refractivity contribution is -0.384. The summed E-state index contributed by atoms with van der Waals surface area (Å²) >= 11 is 18.5. The number of thioether (sulfide) groups is 1. The number of benzene rings is 1. The minimum Gasteiger partial charge on any atom is -0.258 e. The lowest BCUT2D eigenvalue weighted by Crippen LogP contribution is -1.92. The van der Waals surface area contributed by atoms with Crippen molar-refractivity contribution in [2.45, 2.75) is 4.90 Å². The molecule has 0 heterocycles. The minimum atomic E-state index is -0.652. The molecule has 0 aliphatic rings. The topological polar surface area (TPSA) is 43.1 Å². The van der Waals surface area contributed by atoms with Crippen LogP contribution in [0.4, 0.5) is 5.69 Å². The van der Waals surface area contributed by atoms with Crippen LogP contribution in [0.15, 0.2) is 11.0 Å². The molecule has 1 rings (SSSR count). The monoisotopic (exact) mass is 271 g/mol. The number of rotatable bonds is 2. The Labute approximate surface area is 99.5 Å². The lowest BCUT2D eigenvalue weighted by Gasteiger charge is -2.04. The molecule has 0 unspecified atom stereocenters. The van der Waals surface area contributed by atoms with E-state index in [9.17, 15) is 10.1 Å². The minimum absolute atomic E-state index is 0.00579. The SMILES string of the molecule is CSc1cc(Cl)c([N+](=O)[O-])c(Cl)c1Cl. The van der Waals surface area contributed by atoms with Gasteiger partial charge in [0.1, 0.15) is 10.0 Å². The first-order valence-electron chi connectivity index (χ1n) is 3.35. The molecule has 0 amide bonds. The first-order valence-corrected chi connectivity index (χ1v) is 5.70. The van der Waals surface area contributed by atoms with E-state index >= 15 is 0 Å². The Morgan fingerprint density at radius 3 is 2.36 bits per heavy atom. The van der Waals surface area contributed by atoms with Crippen molar-refractivity contribution in [3.63, 3.8) is 0 Å². The van der Waals surface area contributed by atoms with Gasteiger partial charge in [-0.2, -0.15) is 0 Å². The standard InChI is InChI=1S/C7H4Cl3NO2S/c1-14-4-2-3(8)7(11(12)13)6(10)5(4)9/h2H,1H3. The van der Waals surface area contributed by atoms with Gasteiger partial charge < -0.3 is 0 Å². The van der Waals surface area contributed by atoms with Crippen molar-refractivity contribution in [3.05, 3.63) is 31.2 Å². The van der Waals surface area contributed by atoms with E-state index in [0.29, 0.717) is 4.90 Å². The van der Waals surface area contributed by atoms with Crippen LogP contribution in [0.1, 0.15) is 0 Å². The van der Waals surface area contributed by atoms with Crippen molar-refractivity contribution >= 4 is 52.3 Å². The first-order chi connectivity index (χ1) is 6.49. The zero-order chi connectivity index (χ0) is 10.9. The predicted octanol–water partition coefficient (Wildman–Crippen LogP) is 4.28. The summed E-state index contributed by atoms with van der Waals surface area (Å²) in [5, 5.41) is 10.6. The van der Waals surface area contributed by atoms with E-state index in [4.69, 9.17) is 34.8 Å². The van der Waals surface area contributed by atoms with E-state index in [1.165, 1.54) is 17.8 Å². The van der Waals surface area contributed by atoms with Crippen molar-refractivity contribution in [2.24, 2.45) is 0 Å². The maximum atomic E-state index is 10.6. The fraction of sp³-hybridized carbons (Fsp3) is 0.143. The van der Waals surface area contributed by atoms with Gasteiger partial charge in [0.05, 0.1) is 9.95 Å². The molecule has 3 nitrogen and oxygen atoms in total. The second-order valence-corrected chi connectivity index (χ2v) is 4.31. The van der Waals surface area contributed by atoms with Crippen LogP contribution in [0, 0.1) is 10.1 Å². The Bertz CT molecular complexity index is 397. The van der Waals surface area contributed by atoms with Crippen molar-refractivity contribution in [3.8, 4) is 0 Å². The van der Waals surface area contributed by atoms with Crippen molar-refractivity contribution in [1.82, 2.24) is 0 Å². The zero-order valence-corrected chi connectivity index (χ0v) is 9.97. The summed E-state index contributed by atoms with van der Waals surface area (Å²) in [6, 6.07) is 1.43. The summed E-state index contributed by atoms with van der Waals surface area (Å²) < 4.78 is 0. The molecule has 76 valence electrons. The summed E-state index contributed by atoms with van der Waals surface area (Å²) in [6.45, 7) is 0. The smallest absolute Gasteiger partial charge is 0.258 e. The van der Waals surface area contributed by atoms with Gasteiger partial charge in [0.2, 0.25) is 0 Å². The summed E-state index contributed by atoms with van der Waals surface area (Å²) in [4.78, 5) is 10.5. The molecular weight excluding hydrogens is 269 g/mol. The molecule has 14 heavy (non-hydrogen) atoms. The Morgan fingerprint density at radius 2 is 1.93 bits per heavy atom. The van der Waals surface area contributed by atoms with Crippen LogP contribution in [0.5, 0.6) is 0 Å². The van der Waals surface area contributed by atoms with Crippen LogP contribution >= 0.6 is 46.6 Å². The molecule has 0 saturated heterocycles. The van der Waals surface area contributed by atoms with Gasteiger partial charge in [-0.05, 0) is 12.3 Å². The molecule has 0 N–H and O–H groups in total. The van der Waals surface area contributed by atoms with Gasteiger partial charge in [0.25, 0.3) is 0 Å². The normalized spacial score (nSPS) is 10.3. The van der Waals surface area contributed by atoms with Gasteiger partial charge in [-0.25, -0.2) is 0 Å². The predicted molar refractivity (Wildman–Crippen MR) is 59.9 cm³/mol. The van der Waals surface area contributed by atoms with Gasteiger partial charge in [0, 0.05) is 4.90 Å². The largest absolute Gasteiger partial charge is 0.307 e. The molecule has 1 aromatic rings. The summed E-state index contributed by atoms with van der Waals surface area (Å²) in [5.74, 6) is 0. The summed E-state index contributed by atoms with van der Waals surface area (Å²) in [7, 11) is 0. The molecule has 1 aromatic carbocycles. The number of nitro groups is 1. The number of nitro benzene ring substituents is 1. The Balaban J connectivity index is 3.49. The van der Waals surface area contributed by atoms with Gasteiger partial charge >= 0.3 is 5.69 Å². The first kappa shape index (κ1) is 11.9. The molecule has 0 radical (unpaired) electrons. The quantitative estimate of drug-likeness (QED) is 0.349. The van der Waals surface area contributed by atoms with E-state index < -0.39 is 4.92 Å². The van der Waals surface area contributed by atoms with Crippen LogP contribution in [-0.2, 0) is 0 Å². The van der Waals surface area contributed by atoms with Crippen LogP contribution < -0.4 is 0 Å². The fourth-order valence-corrected chi connectivity index (χ4v) is 2.49. The van der Waals surface area contributed by atoms with Crippen molar-refractivity contribution in [2.75, 3.05) is 6.26 Å². The highest BCUT2D eigenvalue weighted by Gasteiger charge is 2.22. The third-order valence-electron chi connectivity index (χ3n) is 1.50. The molecule has 0 aliphatic heterocycles. The van der Waals surface area contributed by atoms with Crippen molar-refractivity contribution in [1.29, 1.82) is 0 Å². The molecule has 0 aliphatic carbocycles. The van der Waals surface area contributed by atoms with Gasteiger partial charge in [-0.1, -0.05) is 34.8 Å². The van der Waals surface area contributed by atoms with Gasteiger partial charge in [-0.15, -0.1) is 11.8 Å². The molecule has 0 atom stereocenters. The number of halogens is 3. The summed E-state index contributed by atoms with van der Waals surface area (Å²) in [6.07, 6.45) is 1.78. The van der Waals surface area contributed by atoms with Crippen molar-refractivity contribution < 1.29 is 4.92 Å². The zero-order valence-electron chi connectivity index (χ0n) is 6.88. The van der Waals surface area contributed by atoms with Crippen LogP contribution in [-0.4, -0.2) is 11.2 Å². The Hall–Kier alpha value is -0.160. The maximum Gasteiger partial charge on any atom is 0.307 e.